The molecule has 0 radical (unpaired) electrons. The maximum absolute atomic E-state index is 12.5. The summed E-state index contributed by atoms with van der Waals surface area (Å²) in [5, 5.41) is 12.0. The van der Waals surface area contributed by atoms with E-state index in [1.165, 1.54) is 16.4 Å². The Hall–Kier alpha value is -1.93. The second-order valence-electron chi connectivity index (χ2n) is 6.96. The third-order valence-electron chi connectivity index (χ3n) is 5.24. The van der Waals surface area contributed by atoms with Gasteiger partial charge < -0.3 is 10.4 Å². The lowest BCUT2D eigenvalue weighted by atomic mass is 9.78. The molecule has 2 atom stereocenters. The molecule has 0 bridgehead atoms. The summed E-state index contributed by atoms with van der Waals surface area (Å²) in [4.78, 5) is 24.0. The molecular formula is C18H24N2O5S. The van der Waals surface area contributed by atoms with E-state index in [9.17, 15) is 23.1 Å². The van der Waals surface area contributed by atoms with Crippen molar-refractivity contribution in [1.82, 2.24) is 4.31 Å². The minimum Gasteiger partial charge on any atom is -0.481 e. The predicted octanol–water partition coefficient (Wildman–Crippen LogP) is 2.30. The van der Waals surface area contributed by atoms with Crippen LogP contribution in [-0.2, 0) is 19.6 Å². The van der Waals surface area contributed by atoms with Gasteiger partial charge in [0.15, 0.2) is 0 Å². The number of carboxylic acid groups (broad SMARTS) is 1. The molecule has 142 valence electrons. The van der Waals surface area contributed by atoms with E-state index in [-0.39, 0.29) is 10.8 Å². The standard InChI is InChI=1S/C18H24N2O5S/c21-17(15-5-1-2-6-16(15)18(22)23)19-13-7-9-14(10-8-13)26(24,25)20-11-3-4-12-20/h7-10,15-16H,1-6,11-12H2,(H,19,21)(H,22,23)/t15-,16-/m0/s1. The Bertz CT molecular complexity index is 769. The van der Waals surface area contributed by atoms with Gasteiger partial charge in [-0.05, 0) is 49.9 Å². The molecule has 2 fully saturated rings. The van der Waals surface area contributed by atoms with Gasteiger partial charge in [-0.2, -0.15) is 4.31 Å². The van der Waals surface area contributed by atoms with Crippen molar-refractivity contribution < 1.29 is 23.1 Å². The van der Waals surface area contributed by atoms with Gasteiger partial charge in [0.2, 0.25) is 15.9 Å². The smallest absolute Gasteiger partial charge is 0.307 e. The fraction of sp³-hybridized carbons (Fsp3) is 0.556. The minimum atomic E-state index is -3.48. The SMILES string of the molecule is O=C(O)[C@H]1CCCC[C@@H]1C(=O)Nc1ccc(S(=O)(=O)N2CCCC2)cc1. The Morgan fingerprint density at radius 1 is 0.962 bits per heavy atom. The van der Waals surface area contributed by atoms with E-state index < -0.39 is 27.8 Å². The monoisotopic (exact) mass is 380 g/mol. The summed E-state index contributed by atoms with van der Waals surface area (Å²) in [5.74, 6) is -2.45. The molecule has 1 saturated heterocycles. The Balaban J connectivity index is 1.69. The molecule has 1 aliphatic heterocycles. The number of rotatable bonds is 5. The molecule has 3 rings (SSSR count). The second-order valence-corrected chi connectivity index (χ2v) is 8.90. The fourth-order valence-corrected chi connectivity index (χ4v) is 5.28. The Labute approximate surface area is 153 Å². The van der Waals surface area contributed by atoms with Crippen LogP contribution >= 0.6 is 0 Å². The summed E-state index contributed by atoms with van der Waals surface area (Å²) in [6, 6.07) is 6.08. The lowest BCUT2D eigenvalue weighted by Crippen LogP contribution is -2.36. The third kappa shape index (κ3) is 3.91. The topological polar surface area (TPSA) is 104 Å². The molecule has 0 spiro atoms. The average Bonchev–Trinajstić information content (AvgIpc) is 3.17. The van der Waals surface area contributed by atoms with Crippen molar-refractivity contribution in [3.63, 3.8) is 0 Å². The van der Waals surface area contributed by atoms with E-state index in [2.05, 4.69) is 5.32 Å². The zero-order chi connectivity index (χ0) is 18.7. The molecule has 1 saturated carbocycles. The number of benzene rings is 1. The first-order valence-corrected chi connectivity index (χ1v) is 10.5. The van der Waals surface area contributed by atoms with Gasteiger partial charge in [-0.25, -0.2) is 8.42 Å². The molecule has 1 amide bonds. The van der Waals surface area contributed by atoms with Crippen LogP contribution in [0.3, 0.4) is 0 Å². The summed E-state index contributed by atoms with van der Waals surface area (Å²) < 4.78 is 26.5. The lowest BCUT2D eigenvalue weighted by molar-refractivity contribution is -0.147. The highest BCUT2D eigenvalue weighted by molar-refractivity contribution is 7.89. The molecule has 1 aliphatic carbocycles. The van der Waals surface area contributed by atoms with Crippen molar-refractivity contribution >= 4 is 27.6 Å². The van der Waals surface area contributed by atoms with Crippen LogP contribution < -0.4 is 5.32 Å². The largest absolute Gasteiger partial charge is 0.481 e. The molecule has 0 unspecified atom stereocenters. The lowest BCUT2D eigenvalue weighted by Gasteiger charge is -2.27. The Morgan fingerprint density at radius 3 is 2.12 bits per heavy atom. The van der Waals surface area contributed by atoms with Gasteiger partial charge >= 0.3 is 5.97 Å². The third-order valence-corrected chi connectivity index (χ3v) is 7.16. The van der Waals surface area contributed by atoms with E-state index in [1.807, 2.05) is 0 Å². The molecule has 2 aliphatic rings. The molecule has 26 heavy (non-hydrogen) atoms. The van der Waals surface area contributed by atoms with Crippen molar-refractivity contribution in [3.05, 3.63) is 24.3 Å². The number of hydrogen-bond donors (Lipinski definition) is 2. The van der Waals surface area contributed by atoms with E-state index >= 15 is 0 Å². The number of nitrogens with one attached hydrogen (secondary N) is 1. The van der Waals surface area contributed by atoms with E-state index in [4.69, 9.17) is 0 Å². The zero-order valence-corrected chi connectivity index (χ0v) is 15.4. The predicted molar refractivity (Wildman–Crippen MR) is 96.1 cm³/mol. The zero-order valence-electron chi connectivity index (χ0n) is 14.6. The summed E-state index contributed by atoms with van der Waals surface area (Å²) >= 11 is 0. The van der Waals surface area contributed by atoms with Gasteiger partial charge in [-0.1, -0.05) is 12.8 Å². The maximum atomic E-state index is 12.5. The van der Waals surface area contributed by atoms with Crippen molar-refractivity contribution in [2.45, 2.75) is 43.4 Å². The van der Waals surface area contributed by atoms with Crippen LogP contribution in [-0.4, -0.2) is 42.8 Å². The van der Waals surface area contributed by atoms with Crippen molar-refractivity contribution in [3.8, 4) is 0 Å². The van der Waals surface area contributed by atoms with Gasteiger partial charge in [0.1, 0.15) is 0 Å². The average molecular weight is 380 g/mol. The van der Waals surface area contributed by atoms with Gasteiger partial charge in [-0.15, -0.1) is 0 Å². The number of carbonyl (C=O) groups is 2. The van der Waals surface area contributed by atoms with E-state index in [1.54, 1.807) is 12.1 Å². The number of hydrogen-bond acceptors (Lipinski definition) is 4. The Morgan fingerprint density at radius 2 is 1.54 bits per heavy atom. The number of nitrogens with zero attached hydrogens (tertiary/aromatic N) is 1. The molecule has 8 heteroatoms. The van der Waals surface area contributed by atoms with Gasteiger partial charge in [-0.3, -0.25) is 9.59 Å². The van der Waals surface area contributed by atoms with Crippen molar-refractivity contribution in [2.24, 2.45) is 11.8 Å². The Kier molecular flexibility index (Phi) is 5.62. The quantitative estimate of drug-likeness (QED) is 0.816. The second kappa shape index (κ2) is 7.75. The van der Waals surface area contributed by atoms with Crippen molar-refractivity contribution in [1.29, 1.82) is 0 Å². The number of carbonyl (C=O) groups excluding carboxylic acids is 1. The number of sulfonamides is 1. The van der Waals surface area contributed by atoms with E-state index in [0.717, 1.165) is 25.7 Å². The highest BCUT2D eigenvalue weighted by atomic mass is 32.2. The van der Waals surface area contributed by atoms with E-state index in [0.29, 0.717) is 31.6 Å². The number of amides is 1. The number of carboxylic acids is 1. The minimum absolute atomic E-state index is 0.207. The van der Waals surface area contributed by atoms with Crippen molar-refractivity contribution in [2.75, 3.05) is 18.4 Å². The summed E-state index contributed by atoms with van der Waals surface area (Å²) in [7, 11) is -3.48. The van der Waals surface area contributed by atoms with Crippen LogP contribution in [0.15, 0.2) is 29.2 Å². The van der Waals surface area contributed by atoms with Gasteiger partial charge in [0.25, 0.3) is 0 Å². The highest BCUT2D eigenvalue weighted by Gasteiger charge is 2.35. The fourth-order valence-electron chi connectivity index (χ4n) is 3.76. The van der Waals surface area contributed by atoms with Crippen LogP contribution in [0.5, 0.6) is 0 Å². The van der Waals surface area contributed by atoms with Crippen LogP contribution in [0.2, 0.25) is 0 Å². The first-order chi connectivity index (χ1) is 12.4. The molecule has 1 aromatic carbocycles. The van der Waals surface area contributed by atoms with Gasteiger partial charge in [0.05, 0.1) is 16.7 Å². The summed E-state index contributed by atoms with van der Waals surface area (Å²) in [6.45, 7) is 1.08. The molecular weight excluding hydrogens is 356 g/mol. The summed E-state index contributed by atoms with van der Waals surface area (Å²) in [5.41, 5.74) is 0.477. The van der Waals surface area contributed by atoms with Gasteiger partial charge in [0, 0.05) is 18.8 Å². The normalized spacial score (nSPS) is 24.3. The number of aliphatic carboxylic acids is 1. The first-order valence-electron chi connectivity index (χ1n) is 9.03. The summed E-state index contributed by atoms with van der Waals surface area (Å²) in [6.07, 6.45) is 4.49. The molecule has 1 aromatic rings. The van der Waals surface area contributed by atoms with Crippen LogP contribution in [0, 0.1) is 11.8 Å². The van der Waals surface area contributed by atoms with Crippen LogP contribution in [0.4, 0.5) is 5.69 Å². The molecule has 1 heterocycles. The first kappa shape index (κ1) is 18.8. The highest BCUT2D eigenvalue weighted by Crippen LogP contribution is 2.31. The van der Waals surface area contributed by atoms with Crippen LogP contribution in [0.1, 0.15) is 38.5 Å². The van der Waals surface area contributed by atoms with Crippen LogP contribution in [0.25, 0.3) is 0 Å². The maximum Gasteiger partial charge on any atom is 0.307 e. The number of anilines is 1. The molecule has 7 nitrogen and oxygen atoms in total. The molecule has 0 aromatic heterocycles. The molecule has 2 N–H and O–H groups in total.